The lowest BCUT2D eigenvalue weighted by Gasteiger charge is -2.10. The predicted molar refractivity (Wildman–Crippen MR) is 106 cm³/mol. The van der Waals surface area contributed by atoms with Gasteiger partial charge in [-0.15, -0.1) is 0 Å². The quantitative estimate of drug-likeness (QED) is 0.533. The van der Waals surface area contributed by atoms with Crippen molar-refractivity contribution in [2.75, 3.05) is 6.54 Å². The van der Waals surface area contributed by atoms with Crippen LogP contribution in [0.5, 0.6) is 5.75 Å². The Bertz CT molecular complexity index is 825. The molecular weight excluding hydrogens is 405 g/mol. The van der Waals surface area contributed by atoms with Crippen molar-refractivity contribution in [1.82, 2.24) is 14.9 Å². The Morgan fingerprint density at radius 1 is 1.11 bits per heavy atom. The molecule has 0 atom stereocenters. The van der Waals surface area contributed by atoms with Gasteiger partial charge < -0.3 is 27.0 Å². The molecule has 144 valence electrons. The molecule has 0 aliphatic rings. The second-order valence-corrected chi connectivity index (χ2v) is 6.85. The minimum absolute atomic E-state index is 0. The van der Waals surface area contributed by atoms with Crippen LogP contribution in [0.15, 0.2) is 61.2 Å². The number of benzene rings is 2. The van der Waals surface area contributed by atoms with Crippen LogP contribution in [0.2, 0.25) is 10.0 Å². The summed E-state index contributed by atoms with van der Waals surface area (Å²) in [5, 5.41) is 4.70. The maximum atomic E-state index is 6.18. The third-order valence-electron chi connectivity index (χ3n) is 3.97. The Labute approximate surface area is 175 Å². The highest BCUT2D eigenvalue weighted by Gasteiger charge is 2.03. The highest BCUT2D eigenvalue weighted by Crippen LogP contribution is 2.23. The van der Waals surface area contributed by atoms with Gasteiger partial charge in [0.25, 0.3) is 0 Å². The van der Waals surface area contributed by atoms with Crippen LogP contribution in [-0.2, 0) is 19.7 Å². The molecule has 0 aliphatic heterocycles. The molecule has 0 radical (unpaired) electrons. The second kappa shape index (κ2) is 11.2. The highest BCUT2D eigenvalue weighted by atomic mass is 35.5. The fourth-order valence-corrected chi connectivity index (χ4v) is 3.05. The third-order valence-corrected chi connectivity index (χ3v) is 4.55. The molecule has 0 aliphatic carbocycles. The number of ether oxygens (including phenoxy) is 1. The Morgan fingerprint density at radius 2 is 2.00 bits per heavy atom. The summed E-state index contributed by atoms with van der Waals surface area (Å²) >= 11 is 12.1. The van der Waals surface area contributed by atoms with Gasteiger partial charge in [-0.05, 0) is 42.8 Å². The number of hydrogen-bond acceptors (Lipinski definition) is 3. The van der Waals surface area contributed by atoms with E-state index in [-0.39, 0.29) is 12.4 Å². The van der Waals surface area contributed by atoms with E-state index in [1.54, 1.807) is 12.3 Å². The predicted octanol–water partition coefficient (Wildman–Crippen LogP) is 1.95. The van der Waals surface area contributed by atoms with Gasteiger partial charge in [-0.25, -0.2) is 4.98 Å². The Hall–Kier alpha value is -1.72. The smallest absolute Gasteiger partial charge is 0.120 e. The zero-order valence-corrected chi connectivity index (χ0v) is 17.0. The lowest BCUT2D eigenvalue weighted by atomic mass is 10.2. The average Bonchev–Trinajstić information content (AvgIpc) is 3.14. The van der Waals surface area contributed by atoms with Crippen LogP contribution in [0.25, 0.3) is 0 Å². The van der Waals surface area contributed by atoms with Gasteiger partial charge in [-0.3, -0.25) is 0 Å². The molecule has 0 fully saturated rings. The van der Waals surface area contributed by atoms with Gasteiger partial charge in [0, 0.05) is 41.1 Å². The van der Waals surface area contributed by atoms with Crippen molar-refractivity contribution in [2.45, 2.75) is 26.1 Å². The van der Waals surface area contributed by atoms with Crippen molar-refractivity contribution in [3.8, 4) is 5.75 Å². The molecule has 0 saturated carbocycles. The average molecular weight is 426 g/mol. The SMILES string of the molecule is Clc1ccc(COc2cccc(CNCCCn3ccnc3)c2)c(Cl)c1.[Cl-]. The molecule has 0 spiro atoms. The summed E-state index contributed by atoms with van der Waals surface area (Å²) in [5.74, 6) is 0.828. The summed E-state index contributed by atoms with van der Waals surface area (Å²) in [7, 11) is 0. The van der Waals surface area contributed by atoms with E-state index in [0.29, 0.717) is 16.7 Å². The van der Waals surface area contributed by atoms with Gasteiger partial charge in [0.15, 0.2) is 0 Å². The number of hydrogen-bond donors (Lipinski definition) is 1. The van der Waals surface area contributed by atoms with Crippen LogP contribution < -0.4 is 22.5 Å². The number of imidazole rings is 1. The van der Waals surface area contributed by atoms with Crippen molar-refractivity contribution < 1.29 is 17.1 Å². The third kappa shape index (κ3) is 7.07. The molecule has 3 aromatic rings. The van der Waals surface area contributed by atoms with Crippen molar-refractivity contribution in [3.63, 3.8) is 0 Å². The van der Waals surface area contributed by atoms with Gasteiger partial charge in [-0.1, -0.05) is 41.4 Å². The minimum atomic E-state index is 0. The molecule has 3 rings (SSSR count). The summed E-state index contributed by atoms with van der Waals surface area (Å²) < 4.78 is 7.95. The zero-order valence-electron chi connectivity index (χ0n) is 14.7. The summed E-state index contributed by atoms with van der Waals surface area (Å²) in [6.45, 7) is 3.14. The molecule has 1 heterocycles. The Balaban J connectivity index is 0.00000261. The number of nitrogens with one attached hydrogen (secondary N) is 1. The van der Waals surface area contributed by atoms with E-state index < -0.39 is 0 Å². The van der Waals surface area contributed by atoms with Gasteiger partial charge in [0.05, 0.1) is 6.33 Å². The molecule has 2 aromatic carbocycles. The van der Waals surface area contributed by atoms with Crippen LogP contribution in [-0.4, -0.2) is 16.1 Å². The monoisotopic (exact) mass is 424 g/mol. The van der Waals surface area contributed by atoms with Crippen LogP contribution in [0, 0.1) is 0 Å². The van der Waals surface area contributed by atoms with Crippen LogP contribution in [0.4, 0.5) is 0 Å². The summed E-state index contributed by atoms with van der Waals surface area (Å²) in [5.41, 5.74) is 2.10. The normalized spacial score (nSPS) is 10.4. The first-order valence-electron chi connectivity index (χ1n) is 8.53. The van der Waals surface area contributed by atoms with Crippen molar-refractivity contribution in [1.29, 1.82) is 0 Å². The topological polar surface area (TPSA) is 39.1 Å². The van der Waals surface area contributed by atoms with E-state index in [9.17, 15) is 0 Å². The maximum absolute atomic E-state index is 6.18. The fraction of sp³-hybridized carbons (Fsp3) is 0.250. The largest absolute Gasteiger partial charge is 1.00 e. The van der Waals surface area contributed by atoms with Crippen molar-refractivity contribution >= 4 is 23.2 Å². The van der Waals surface area contributed by atoms with E-state index in [4.69, 9.17) is 27.9 Å². The number of rotatable bonds is 9. The molecule has 0 bridgehead atoms. The van der Waals surface area contributed by atoms with Crippen LogP contribution >= 0.6 is 23.2 Å². The lowest BCUT2D eigenvalue weighted by molar-refractivity contribution is -0.00000557. The first-order valence-corrected chi connectivity index (χ1v) is 9.28. The van der Waals surface area contributed by atoms with E-state index in [2.05, 4.69) is 20.9 Å². The Kier molecular flexibility index (Phi) is 8.95. The first kappa shape index (κ1) is 21.6. The molecule has 1 N–H and O–H groups in total. The van der Waals surface area contributed by atoms with Crippen molar-refractivity contribution in [3.05, 3.63) is 82.4 Å². The molecule has 27 heavy (non-hydrogen) atoms. The molecule has 0 amide bonds. The van der Waals surface area contributed by atoms with Gasteiger partial charge in [0.1, 0.15) is 12.4 Å². The van der Waals surface area contributed by atoms with E-state index in [1.165, 1.54) is 5.56 Å². The summed E-state index contributed by atoms with van der Waals surface area (Å²) in [6.07, 6.45) is 6.68. The Morgan fingerprint density at radius 3 is 2.78 bits per heavy atom. The molecular formula is C20H21Cl3N3O-. The zero-order chi connectivity index (χ0) is 18.2. The molecule has 4 nitrogen and oxygen atoms in total. The van der Waals surface area contributed by atoms with Gasteiger partial charge in [0.2, 0.25) is 0 Å². The standard InChI is InChI=1S/C20H21Cl2N3O.ClH/c21-18-6-5-17(20(22)12-18)14-26-19-4-1-3-16(11-19)13-23-7-2-9-25-10-8-24-15-25;/h1,3-6,8,10-12,15,23H,2,7,9,13-14H2;1H/p-1. The van der Waals surface area contributed by atoms with E-state index in [1.807, 2.05) is 42.9 Å². The minimum Gasteiger partial charge on any atom is -1.00 e. The second-order valence-electron chi connectivity index (χ2n) is 6.00. The van der Waals surface area contributed by atoms with Gasteiger partial charge >= 0.3 is 0 Å². The van der Waals surface area contributed by atoms with E-state index in [0.717, 1.165) is 37.4 Å². The van der Waals surface area contributed by atoms with Crippen LogP contribution in [0.3, 0.4) is 0 Å². The number of aryl methyl sites for hydroxylation is 1. The molecule has 7 heteroatoms. The van der Waals surface area contributed by atoms with E-state index >= 15 is 0 Å². The summed E-state index contributed by atoms with van der Waals surface area (Å²) in [4.78, 5) is 4.04. The van der Waals surface area contributed by atoms with Crippen molar-refractivity contribution in [2.24, 2.45) is 0 Å². The number of halogens is 3. The summed E-state index contributed by atoms with van der Waals surface area (Å²) in [6, 6.07) is 13.5. The number of aromatic nitrogens is 2. The number of nitrogens with zero attached hydrogens (tertiary/aromatic N) is 2. The van der Waals surface area contributed by atoms with Crippen LogP contribution in [0.1, 0.15) is 17.5 Å². The first-order chi connectivity index (χ1) is 12.7. The fourth-order valence-electron chi connectivity index (χ4n) is 2.58. The highest BCUT2D eigenvalue weighted by molar-refractivity contribution is 6.35. The maximum Gasteiger partial charge on any atom is 0.120 e. The lowest BCUT2D eigenvalue weighted by Crippen LogP contribution is -3.00. The molecule has 0 saturated heterocycles. The molecule has 0 unspecified atom stereocenters. The van der Waals surface area contributed by atoms with Gasteiger partial charge in [-0.2, -0.15) is 0 Å². The molecule has 1 aromatic heterocycles.